The summed E-state index contributed by atoms with van der Waals surface area (Å²) in [5.41, 5.74) is -0.399. The van der Waals surface area contributed by atoms with Gasteiger partial charge in [0.25, 0.3) is 0 Å². The van der Waals surface area contributed by atoms with Gasteiger partial charge in [0.2, 0.25) is 0 Å². The quantitative estimate of drug-likeness (QED) is 0.763. The summed E-state index contributed by atoms with van der Waals surface area (Å²) in [5, 5.41) is 15.1. The zero-order valence-electron chi connectivity index (χ0n) is 9.88. The van der Waals surface area contributed by atoms with Crippen molar-refractivity contribution in [1.29, 1.82) is 5.26 Å². The van der Waals surface area contributed by atoms with Crippen molar-refractivity contribution in [2.24, 2.45) is 0 Å². The lowest BCUT2D eigenvalue weighted by Gasteiger charge is -2.20. The Morgan fingerprint density at radius 2 is 1.95 bits per heavy atom. The summed E-state index contributed by atoms with van der Waals surface area (Å²) in [7, 11) is 0. The molecule has 0 aromatic carbocycles. The molecule has 1 saturated heterocycles. The van der Waals surface area contributed by atoms with Crippen LogP contribution in [0.25, 0.3) is 5.57 Å². The van der Waals surface area contributed by atoms with Gasteiger partial charge in [0.15, 0.2) is 0 Å². The molecule has 0 amide bonds. The summed E-state index contributed by atoms with van der Waals surface area (Å²) in [6.07, 6.45) is -2.77. The molecule has 0 spiro atoms. The van der Waals surface area contributed by atoms with E-state index in [0.29, 0.717) is 18.9 Å². The van der Waals surface area contributed by atoms with Gasteiger partial charge >= 0.3 is 6.18 Å². The minimum atomic E-state index is -4.42. The fourth-order valence-electron chi connectivity index (χ4n) is 1.71. The number of allylic oxidation sites excluding steroid dienone is 1. The maximum Gasteiger partial charge on any atom is 0.417 e. The highest BCUT2D eigenvalue weighted by molar-refractivity contribution is 5.76. The zero-order chi connectivity index (χ0) is 13.9. The van der Waals surface area contributed by atoms with Crippen LogP contribution in [0.5, 0.6) is 0 Å². The van der Waals surface area contributed by atoms with Gasteiger partial charge in [0, 0.05) is 19.3 Å². The maximum absolute atomic E-state index is 12.4. The number of alkyl halides is 3. The standard InChI is InChI=1S/C12H11F3N4/c13-12(14,15)8-2-3-10(19-7-8)9(6-16)11-17-4-1-5-18-11/h2-3,7,17-18H,1,4-5H2. The Kier molecular flexibility index (Phi) is 3.60. The van der Waals surface area contributed by atoms with Gasteiger partial charge in [-0.05, 0) is 18.6 Å². The van der Waals surface area contributed by atoms with E-state index in [0.717, 1.165) is 18.7 Å². The number of halogens is 3. The van der Waals surface area contributed by atoms with E-state index in [2.05, 4.69) is 15.6 Å². The van der Waals surface area contributed by atoms with E-state index in [1.807, 2.05) is 6.07 Å². The summed E-state index contributed by atoms with van der Waals surface area (Å²) < 4.78 is 37.2. The van der Waals surface area contributed by atoms with Crippen molar-refractivity contribution < 1.29 is 13.2 Å². The first-order valence-corrected chi connectivity index (χ1v) is 5.68. The molecule has 1 aliphatic rings. The zero-order valence-corrected chi connectivity index (χ0v) is 9.88. The Bertz CT molecular complexity index is 517. The summed E-state index contributed by atoms with van der Waals surface area (Å²) in [4.78, 5) is 3.71. The molecular weight excluding hydrogens is 257 g/mol. The van der Waals surface area contributed by atoms with Crippen molar-refractivity contribution in [2.75, 3.05) is 13.1 Å². The smallest absolute Gasteiger partial charge is 0.371 e. The van der Waals surface area contributed by atoms with Crippen molar-refractivity contribution in [3.63, 3.8) is 0 Å². The SMILES string of the molecule is N#CC(=C1NCCCN1)c1ccc(C(F)(F)F)cn1. The highest BCUT2D eigenvalue weighted by Crippen LogP contribution is 2.29. The van der Waals surface area contributed by atoms with Crippen molar-refractivity contribution in [3.05, 3.63) is 35.4 Å². The van der Waals surface area contributed by atoms with Crippen molar-refractivity contribution in [2.45, 2.75) is 12.6 Å². The molecule has 0 aliphatic carbocycles. The predicted molar refractivity (Wildman–Crippen MR) is 62.4 cm³/mol. The number of hydrogen-bond acceptors (Lipinski definition) is 4. The van der Waals surface area contributed by atoms with E-state index in [4.69, 9.17) is 5.26 Å². The Morgan fingerprint density at radius 3 is 2.42 bits per heavy atom. The average molecular weight is 268 g/mol. The Labute approximate surface area is 107 Å². The van der Waals surface area contributed by atoms with E-state index < -0.39 is 11.7 Å². The third-order valence-electron chi connectivity index (χ3n) is 2.67. The van der Waals surface area contributed by atoms with Crippen LogP contribution in [0.1, 0.15) is 17.7 Å². The fourth-order valence-corrected chi connectivity index (χ4v) is 1.71. The van der Waals surface area contributed by atoms with Crippen LogP contribution in [0.3, 0.4) is 0 Å². The normalized spacial score (nSPS) is 15.2. The summed E-state index contributed by atoms with van der Waals surface area (Å²) in [6.45, 7) is 1.43. The Balaban J connectivity index is 2.32. The van der Waals surface area contributed by atoms with Gasteiger partial charge in [-0.1, -0.05) is 0 Å². The summed E-state index contributed by atoms with van der Waals surface area (Å²) in [5.74, 6) is 0.515. The van der Waals surface area contributed by atoms with Crippen LogP contribution in [0.2, 0.25) is 0 Å². The molecule has 0 atom stereocenters. The molecule has 7 heteroatoms. The molecule has 2 N–H and O–H groups in total. The van der Waals surface area contributed by atoms with Gasteiger partial charge < -0.3 is 10.6 Å². The Morgan fingerprint density at radius 1 is 1.26 bits per heavy atom. The van der Waals surface area contributed by atoms with Crippen LogP contribution in [0.4, 0.5) is 13.2 Å². The molecule has 0 unspecified atom stereocenters. The largest absolute Gasteiger partial charge is 0.417 e. The van der Waals surface area contributed by atoms with Crippen molar-refractivity contribution in [1.82, 2.24) is 15.6 Å². The molecule has 100 valence electrons. The number of pyridine rings is 1. The molecule has 1 aromatic rings. The van der Waals surface area contributed by atoms with Gasteiger partial charge in [-0.15, -0.1) is 0 Å². The number of aromatic nitrogens is 1. The molecular formula is C12H11F3N4. The Hall–Kier alpha value is -2.23. The van der Waals surface area contributed by atoms with Crippen LogP contribution >= 0.6 is 0 Å². The fraction of sp³-hybridized carbons (Fsp3) is 0.333. The number of nitrogens with one attached hydrogen (secondary N) is 2. The molecule has 2 heterocycles. The summed E-state index contributed by atoms with van der Waals surface area (Å²) >= 11 is 0. The van der Waals surface area contributed by atoms with Crippen LogP contribution in [-0.4, -0.2) is 18.1 Å². The number of hydrogen-bond donors (Lipinski definition) is 2. The van der Waals surface area contributed by atoms with Gasteiger partial charge in [0.05, 0.1) is 11.3 Å². The molecule has 4 nitrogen and oxygen atoms in total. The highest BCUT2D eigenvalue weighted by Gasteiger charge is 2.30. The van der Waals surface area contributed by atoms with E-state index in [9.17, 15) is 13.2 Å². The van der Waals surface area contributed by atoms with Crippen molar-refractivity contribution >= 4 is 5.57 Å². The molecule has 1 aromatic heterocycles. The molecule has 1 aliphatic heterocycles. The molecule has 0 bridgehead atoms. The second-order valence-electron chi connectivity index (χ2n) is 4.00. The molecule has 2 rings (SSSR count). The van der Waals surface area contributed by atoms with E-state index >= 15 is 0 Å². The monoisotopic (exact) mass is 268 g/mol. The first-order chi connectivity index (χ1) is 9.02. The summed E-state index contributed by atoms with van der Waals surface area (Å²) in [6, 6.07) is 4.08. The molecule has 0 radical (unpaired) electrons. The van der Waals surface area contributed by atoms with Crippen molar-refractivity contribution in [3.8, 4) is 6.07 Å². The number of rotatable bonds is 1. The van der Waals surface area contributed by atoms with E-state index in [-0.39, 0.29) is 11.3 Å². The average Bonchev–Trinajstić information content (AvgIpc) is 2.40. The van der Waals surface area contributed by atoms with Crippen LogP contribution in [0, 0.1) is 11.3 Å². The first kappa shape index (κ1) is 13.2. The minimum Gasteiger partial charge on any atom is -0.371 e. The first-order valence-electron chi connectivity index (χ1n) is 5.68. The number of nitriles is 1. The van der Waals surface area contributed by atoms with Crippen LogP contribution < -0.4 is 10.6 Å². The lowest BCUT2D eigenvalue weighted by atomic mass is 10.1. The van der Waals surface area contributed by atoms with Gasteiger partial charge in [0.1, 0.15) is 17.5 Å². The maximum atomic E-state index is 12.4. The third kappa shape index (κ3) is 2.96. The van der Waals surface area contributed by atoms with Crippen LogP contribution in [0.15, 0.2) is 24.2 Å². The third-order valence-corrected chi connectivity index (χ3v) is 2.67. The van der Waals surface area contributed by atoms with E-state index in [1.165, 1.54) is 6.07 Å². The second kappa shape index (κ2) is 5.18. The highest BCUT2D eigenvalue weighted by atomic mass is 19.4. The molecule has 0 saturated carbocycles. The molecule has 19 heavy (non-hydrogen) atoms. The van der Waals surface area contributed by atoms with Gasteiger partial charge in [-0.3, -0.25) is 4.98 Å². The van der Waals surface area contributed by atoms with Gasteiger partial charge in [-0.2, -0.15) is 18.4 Å². The topological polar surface area (TPSA) is 60.7 Å². The van der Waals surface area contributed by atoms with Crippen LogP contribution in [-0.2, 0) is 6.18 Å². The lowest BCUT2D eigenvalue weighted by Crippen LogP contribution is -2.36. The van der Waals surface area contributed by atoms with Gasteiger partial charge in [-0.25, -0.2) is 0 Å². The second-order valence-corrected chi connectivity index (χ2v) is 4.00. The predicted octanol–water partition coefficient (Wildman–Crippen LogP) is 1.88. The molecule has 1 fully saturated rings. The van der Waals surface area contributed by atoms with E-state index in [1.54, 1.807) is 0 Å². The lowest BCUT2D eigenvalue weighted by molar-refractivity contribution is -0.137. The number of nitrogens with zero attached hydrogens (tertiary/aromatic N) is 2. The minimum absolute atomic E-state index is 0.215.